The third-order valence-electron chi connectivity index (χ3n) is 4.54. The molecule has 0 bridgehead atoms. The number of benzene rings is 1. The van der Waals surface area contributed by atoms with Gasteiger partial charge >= 0.3 is 0 Å². The lowest BCUT2D eigenvalue weighted by Crippen LogP contribution is -2.51. The SMILES string of the molecule is CCC(=O)N[C@@H]1CC[C@@H](CC(=O)NCc2ccccc2OC)O[C@H]1CO. The lowest BCUT2D eigenvalue weighted by atomic mass is 9.96. The standard InChI is InChI=1S/C19H28N2O5/c1-3-18(23)21-15-9-8-14(26-17(15)12-22)10-19(24)20-11-13-6-4-5-7-16(13)25-2/h4-7,14-15,17,22H,3,8-12H2,1-2H3,(H,20,24)(H,21,23)/t14-,15+,17-/m0/s1. The fraction of sp³-hybridized carbons (Fsp3) is 0.579. The van der Waals surface area contributed by atoms with Gasteiger partial charge in [-0.25, -0.2) is 0 Å². The number of aliphatic hydroxyl groups excluding tert-OH is 1. The number of hydrogen-bond donors (Lipinski definition) is 3. The molecule has 144 valence electrons. The topological polar surface area (TPSA) is 96.9 Å². The van der Waals surface area contributed by atoms with Crippen LogP contribution in [-0.4, -0.2) is 48.9 Å². The Morgan fingerprint density at radius 3 is 2.73 bits per heavy atom. The molecule has 0 radical (unpaired) electrons. The minimum Gasteiger partial charge on any atom is -0.496 e. The van der Waals surface area contributed by atoms with Crippen molar-refractivity contribution in [2.24, 2.45) is 0 Å². The molecule has 0 aromatic heterocycles. The molecule has 7 nitrogen and oxygen atoms in total. The van der Waals surface area contributed by atoms with Crippen molar-refractivity contribution in [2.45, 2.75) is 57.4 Å². The number of para-hydroxylation sites is 1. The van der Waals surface area contributed by atoms with Crippen molar-refractivity contribution in [1.82, 2.24) is 10.6 Å². The third-order valence-corrected chi connectivity index (χ3v) is 4.54. The highest BCUT2D eigenvalue weighted by Gasteiger charge is 2.32. The molecule has 0 aliphatic carbocycles. The number of hydrogen-bond acceptors (Lipinski definition) is 5. The quantitative estimate of drug-likeness (QED) is 0.643. The van der Waals surface area contributed by atoms with Crippen LogP contribution in [0, 0.1) is 0 Å². The zero-order chi connectivity index (χ0) is 18.9. The summed E-state index contributed by atoms with van der Waals surface area (Å²) < 4.78 is 11.1. The first kappa shape index (κ1) is 20.2. The van der Waals surface area contributed by atoms with Gasteiger partial charge in [-0.2, -0.15) is 0 Å². The Bertz CT molecular complexity index is 607. The molecule has 2 rings (SSSR count). The second-order valence-electron chi connectivity index (χ2n) is 6.38. The van der Waals surface area contributed by atoms with Gasteiger partial charge in [0.1, 0.15) is 11.9 Å². The molecule has 1 aromatic carbocycles. The minimum absolute atomic E-state index is 0.0648. The van der Waals surface area contributed by atoms with Gasteiger partial charge in [0.2, 0.25) is 11.8 Å². The first-order valence-electron chi connectivity index (χ1n) is 9.01. The monoisotopic (exact) mass is 364 g/mol. The van der Waals surface area contributed by atoms with Crippen LogP contribution in [-0.2, 0) is 20.9 Å². The lowest BCUT2D eigenvalue weighted by Gasteiger charge is -2.36. The van der Waals surface area contributed by atoms with Crippen LogP contribution < -0.4 is 15.4 Å². The average molecular weight is 364 g/mol. The molecule has 3 atom stereocenters. The number of methoxy groups -OCH3 is 1. The Labute approximate surface area is 154 Å². The second-order valence-corrected chi connectivity index (χ2v) is 6.38. The maximum absolute atomic E-state index is 12.2. The summed E-state index contributed by atoms with van der Waals surface area (Å²) >= 11 is 0. The van der Waals surface area contributed by atoms with E-state index < -0.39 is 6.10 Å². The van der Waals surface area contributed by atoms with E-state index in [2.05, 4.69) is 10.6 Å². The summed E-state index contributed by atoms with van der Waals surface area (Å²) in [5, 5.41) is 15.3. The number of ether oxygens (including phenoxy) is 2. The van der Waals surface area contributed by atoms with E-state index in [1.165, 1.54) is 0 Å². The summed E-state index contributed by atoms with van der Waals surface area (Å²) in [5.74, 6) is 0.551. The van der Waals surface area contributed by atoms with Crippen LogP contribution in [0.4, 0.5) is 0 Å². The molecule has 0 saturated carbocycles. The zero-order valence-corrected chi connectivity index (χ0v) is 15.4. The molecule has 1 aliphatic rings. The summed E-state index contributed by atoms with van der Waals surface area (Å²) in [6, 6.07) is 7.31. The Morgan fingerprint density at radius 2 is 2.04 bits per heavy atom. The average Bonchev–Trinajstić information content (AvgIpc) is 2.67. The Balaban J connectivity index is 1.81. The first-order chi connectivity index (χ1) is 12.6. The highest BCUT2D eigenvalue weighted by atomic mass is 16.5. The molecular formula is C19H28N2O5. The predicted octanol–water partition coefficient (Wildman–Crippen LogP) is 1.14. The number of carbonyl (C=O) groups is 2. The first-order valence-corrected chi connectivity index (χ1v) is 9.01. The number of nitrogens with one attached hydrogen (secondary N) is 2. The molecule has 1 saturated heterocycles. The van der Waals surface area contributed by atoms with Crippen molar-refractivity contribution in [2.75, 3.05) is 13.7 Å². The van der Waals surface area contributed by atoms with E-state index in [1.54, 1.807) is 14.0 Å². The van der Waals surface area contributed by atoms with Crippen molar-refractivity contribution in [3.05, 3.63) is 29.8 Å². The van der Waals surface area contributed by atoms with Crippen LogP contribution in [0.5, 0.6) is 5.75 Å². The van der Waals surface area contributed by atoms with Crippen molar-refractivity contribution in [3.63, 3.8) is 0 Å². The Kier molecular flexibility index (Phi) is 7.87. The van der Waals surface area contributed by atoms with Crippen molar-refractivity contribution in [1.29, 1.82) is 0 Å². The van der Waals surface area contributed by atoms with E-state index in [9.17, 15) is 14.7 Å². The summed E-state index contributed by atoms with van der Waals surface area (Å²) in [6.45, 7) is 1.98. The van der Waals surface area contributed by atoms with Gasteiger partial charge in [0, 0.05) is 18.5 Å². The highest BCUT2D eigenvalue weighted by Crippen LogP contribution is 2.22. The summed E-state index contributed by atoms with van der Waals surface area (Å²) in [4.78, 5) is 23.8. The molecule has 26 heavy (non-hydrogen) atoms. The zero-order valence-electron chi connectivity index (χ0n) is 15.4. The van der Waals surface area contributed by atoms with E-state index in [-0.39, 0.29) is 37.0 Å². The molecule has 1 aliphatic heterocycles. The van der Waals surface area contributed by atoms with Crippen LogP contribution in [0.3, 0.4) is 0 Å². The molecule has 0 spiro atoms. The molecule has 2 amide bonds. The molecule has 1 aromatic rings. The Hall–Kier alpha value is -2.12. The fourth-order valence-electron chi connectivity index (χ4n) is 3.08. The normalized spacial score (nSPS) is 22.5. The van der Waals surface area contributed by atoms with Crippen molar-refractivity contribution in [3.8, 4) is 5.75 Å². The van der Waals surface area contributed by atoms with E-state index in [1.807, 2.05) is 24.3 Å². The van der Waals surface area contributed by atoms with Crippen LogP contribution in [0.15, 0.2) is 24.3 Å². The van der Waals surface area contributed by atoms with Gasteiger partial charge in [-0.1, -0.05) is 25.1 Å². The maximum atomic E-state index is 12.2. The van der Waals surface area contributed by atoms with E-state index in [4.69, 9.17) is 9.47 Å². The van der Waals surface area contributed by atoms with E-state index >= 15 is 0 Å². The maximum Gasteiger partial charge on any atom is 0.222 e. The van der Waals surface area contributed by atoms with Crippen LogP contribution >= 0.6 is 0 Å². The van der Waals surface area contributed by atoms with E-state index in [0.717, 1.165) is 11.3 Å². The van der Waals surface area contributed by atoms with Crippen molar-refractivity contribution >= 4 is 11.8 Å². The van der Waals surface area contributed by atoms with Crippen LogP contribution in [0.25, 0.3) is 0 Å². The second kappa shape index (κ2) is 10.1. The summed E-state index contributed by atoms with van der Waals surface area (Å²) in [5.41, 5.74) is 0.906. The summed E-state index contributed by atoms with van der Waals surface area (Å²) in [6.07, 6.45) is 1.21. The van der Waals surface area contributed by atoms with Crippen molar-refractivity contribution < 1.29 is 24.2 Å². The van der Waals surface area contributed by atoms with Gasteiger partial charge in [0.25, 0.3) is 0 Å². The largest absolute Gasteiger partial charge is 0.496 e. The smallest absolute Gasteiger partial charge is 0.222 e. The molecule has 0 unspecified atom stereocenters. The molecule has 1 heterocycles. The summed E-state index contributed by atoms with van der Waals surface area (Å²) in [7, 11) is 1.60. The highest BCUT2D eigenvalue weighted by molar-refractivity contribution is 5.77. The van der Waals surface area contributed by atoms with Gasteiger partial charge in [-0.15, -0.1) is 0 Å². The third kappa shape index (κ3) is 5.71. The van der Waals surface area contributed by atoms with Gasteiger partial charge in [-0.3, -0.25) is 9.59 Å². The minimum atomic E-state index is -0.480. The number of aliphatic hydroxyl groups is 1. The van der Waals surface area contributed by atoms with E-state index in [0.29, 0.717) is 25.8 Å². The Morgan fingerprint density at radius 1 is 1.27 bits per heavy atom. The molecular weight excluding hydrogens is 336 g/mol. The van der Waals surface area contributed by atoms with Gasteiger partial charge < -0.3 is 25.2 Å². The molecule has 1 fully saturated rings. The van der Waals surface area contributed by atoms with Crippen LogP contribution in [0.2, 0.25) is 0 Å². The molecule has 7 heteroatoms. The number of carbonyl (C=O) groups excluding carboxylic acids is 2. The molecule has 3 N–H and O–H groups in total. The predicted molar refractivity (Wildman–Crippen MR) is 96.7 cm³/mol. The lowest BCUT2D eigenvalue weighted by molar-refractivity contribution is -0.135. The van der Waals surface area contributed by atoms with Gasteiger partial charge in [-0.05, 0) is 18.9 Å². The van der Waals surface area contributed by atoms with Gasteiger partial charge in [0.05, 0.1) is 32.3 Å². The number of rotatable bonds is 8. The van der Waals surface area contributed by atoms with Gasteiger partial charge in [0.15, 0.2) is 0 Å². The fourth-order valence-corrected chi connectivity index (χ4v) is 3.08. The number of amides is 2. The van der Waals surface area contributed by atoms with Crippen LogP contribution in [0.1, 0.15) is 38.2 Å².